The Kier molecular flexibility index (Phi) is 4.50. The van der Waals surface area contributed by atoms with Crippen LogP contribution in [0.25, 0.3) is 10.9 Å². The molecule has 0 N–H and O–H groups in total. The molecule has 0 radical (unpaired) electrons. The average molecular weight is 424 g/mol. The molecule has 4 nitrogen and oxygen atoms in total. The van der Waals surface area contributed by atoms with Gasteiger partial charge in [0, 0.05) is 42.1 Å². The smallest absolute Gasteiger partial charge is 0.271 e. The molecule has 3 aliphatic heterocycles. The Labute approximate surface area is 183 Å². The predicted molar refractivity (Wildman–Crippen MR) is 121 cm³/mol. The fourth-order valence-electron chi connectivity index (χ4n) is 6.87. The molecular formula is C25H30ClN3O. The van der Waals surface area contributed by atoms with Gasteiger partial charge in [0.25, 0.3) is 5.91 Å². The van der Waals surface area contributed by atoms with E-state index in [1.54, 1.807) is 5.57 Å². The Morgan fingerprint density at radius 2 is 2.03 bits per heavy atom. The average Bonchev–Trinajstić information content (AvgIpc) is 3.08. The van der Waals surface area contributed by atoms with Gasteiger partial charge in [0.15, 0.2) is 0 Å². The quantitative estimate of drug-likeness (QED) is 0.612. The molecule has 4 aliphatic rings. The van der Waals surface area contributed by atoms with E-state index >= 15 is 0 Å². The molecule has 2 aromatic rings. The van der Waals surface area contributed by atoms with Gasteiger partial charge in [-0.2, -0.15) is 0 Å². The number of amides is 1. The molecule has 1 aromatic carbocycles. The highest BCUT2D eigenvalue weighted by atomic mass is 35.5. The van der Waals surface area contributed by atoms with Crippen LogP contribution in [0.4, 0.5) is 0 Å². The van der Waals surface area contributed by atoms with Gasteiger partial charge in [-0.15, -0.1) is 0 Å². The monoisotopic (exact) mass is 423 g/mol. The summed E-state index contributed by atoms with van der Waals surface area (Å²) in [6.45, 7) is 3.27. The first-order valence-electron chi connectivity index (χ1n) is 11.6. The number of hydrogen-bond acceptors (Lipinski definition) is 2. The van der Waals surface area contributed by atoms with Crippen LogP contribution in [0, 0.1) is 11.8 Å². The lowest BCUT2D eigenvalue weighted by molar-refractivity contribution is 0.00122. The summed E-state index contributed by atoms with van der Waals surface area (Å²) >= 11 is 6.20. The molecule has 158 valence electrons. The van der Waals surface area contributed by atoms with Crippen LogP contribution in [0.15, 0.2) is 35.9 Å². The van der Waals surface area contributed by atoms with E-state index < -0.39 is 0 Å². The molecule has 3 fully saturated rings. The zero-order valence-electron chi connectivity index (χ0n) is 17.7. The van der Waals surface area contributed by atoms with Crippen molar-refractivity contribution in [3.05, 3.63) is 46.6 Å². The molecule has 0 saturated carbocycles. The van der Waals surface area contributed by atoms with Gasteiger partial charge < -0.3 is 9.47 Å². The van der Waals surface area contributed by atoms with Crippen molar-refractivity contribution >= 4 is 28.4 Å². The van der Waals surface area contributed by atoms with Crippen molar-refractivity contribution in [1.29, 1.82) is 0 Å². The molecule has 6 rings (SSSR count). The highest BCUT2D eigenvalue weighted by Crippen LogP contribution is 2.45. The van der Waals surface area contributed by atoms with Crippen LogP contribution in [-0.2, 0) is 7.05 Å². The van der Waals surface area contributed by atoms with E-state index in [4.69, 9.17) is 11.6 Å². The zero-order valence-corrected chi connectivity index (χ0v) is 18.4. The summed E-state index contributed by atoms with van der Waals surface area (Å²) in [5.74, 6) is 1.46. The van der Waals surface area contributed by atoms with E-state index in [2.05, 4.69) is 15.9 Å². The first-order chi connectivity index (χ1) is 14.6. The van der Waals surface area contributed by atoms with E-state index in [9.17, 15) is 4.79 Å². The number of rotatable bonds is 1. The minimum Gasteiger partial charge on any atom is -0.340 e. The van der Waals surface area contributed by atoms with Crippen LogP contribution in [-0.4, -0.2) is 52.0 Å². The van der Waals surface area contributed by atoms with Gasteiger partial charge in [0.1, 0.15) is 5.69 Å². The van der Waals surface area contributed by atoms with Crippen molar-refractivity contribution in [2.75, 3.05) is 19.6 Å². The summed E-state index contributed by atoms with van der Waals surface area (Å²) < 4.78 is 2.04. The Balaban J connectivity index is 1.36. The van der Waals surface area contributed by atoms with Crippen LogP contribution in [0.2, 0.25) is 5.02 Å². The van der Waals surface area contributed by atoms with Crippen molar-refractivity contribution < 1.29 is 4.79 Å². The van der Waals surface area contributed by atoms with Crippen LogP contribution < -0.4 is 0 Å². The Morgan fingerprint density at radius 3 is 2.93 bits per heavy atom. The van der Waals surface area contributed by atoms with Gasteiger partial charge in [-0.05, 0) is 74.8 Å². The topological polar surface area (TPSA) is 28.5 Å². The van der Waals surface area contributed by atoms with Crippen LogP contribution in [0.3, 0.4) is 0 Å². The largest absolute Gasteiger partial charge is 0.340 e. The predicted octanol–water partition coefficient (Wildman–Crippen LogP) is 4.87. The zero-order chi connectivity index (χ0) is 20.4. The van der Waals surface area contributed by atoms with Crippen molar-refractivity contribution in [3.8, 4) is 0 Å². The SMILES string of the molecule is Cn1c(C(=O)N2CCCC3=CC4CC(CN5CCCCC45)C32)cc2cc(Cl)ccc21. The van der Waals surface area contributed by atoms with Crippen molar-refractivity contribution in [2.24, 2.45) is 18.9 Å². The normalized spacial score (nSPS) is 31.3. The maximum Gasteiger partial charge on any atom is 0.271 e. The first kappa shape index (κ1) is 18.9. The van der Waals surface area contributed by atoms with Crippen LogP contribution in [0.5, 0.6) is 0 Å². The second kappa shape index (κ2) is 7.13. The molecule has 4 atom stereocenters. The maximum absolute atomic E-state index is 13.8. The number of aromatic nitrogens is 1. The Bertz CT molecular complexity index is 1040. The highest BCUT2D eigenvalue weighted by Gasteiger charge is 2.47. The number of carbonyl (C=O) groups is 1. The van der Waals surface area contributed by atoms with E-state index in [-0.39, 0.29) is 11.9 Å². The number of aryl methyl sites for hydroxylation is 1. The summed E-state index contributed by atoms with van der Waals surface area (Å²) in [7, 11) is 2.00. The lowest BCUT2D eigenvalue weighted by Gasteiger charge is -2.54. The lowest BCUT2D eigenvalue weighted by Crippen LogP contribution is -2.60. The van der Waals surface area contributed by atoms with Gasteiger partial charge >= 0.3 is 0 Å². The number of piperidine rings is 3. The van der Waals surface area contributed by atoms with Crippen molar-refractivity contribution in [1.82, 2.24) is 14.4 Å². The number of benzene rings is 1. The van der Waals surface area contributed by atoms with Crippen molar-refractivity contribution in [3.63, 3.8) is 0 Å². The minimum absolute atomic E-state index is 0.180. The number of carbonyl (C=O) groups excluding carboxylic acids is 1. The number of hydrogen-bond donors (Lipinski definition) is 0. The molecule has 4 unspecified atom stereocenters. The third kappa shape index (κ3) is 2.87. The molecule has 0 spiro atoms. The Morgan fingerprint density at radius 1 is 1.13 bits per heavy atom. The summed E-state index contributed by atoms with van der Waals surface area (Å²) in [5, 5.41) is 1.76. The van der Waals surface area contributed by atoms with Gasteiger partial charge in [-0.3, -0.25) is 9.69 Å². The number of fused-ring (bicyclic) bond motifs is 7. The maximum atomic E-state index is 13.8. The molecule has 5 heteroatoms. The molecule has 1 aliphatic carbocycles. The summed E-state index contributed by atoms with van der Waals surface area (Å²) in [5.41, 5.74) is 3.39. The lowest BCUT2D eigenvalue weighted by atomic mass is 9.68. The molecule has 30 heavy (non-hydrogen) atoms. The fourth-order valence-corrected chi connectivity index (χ4v) is 7.05. The second-order valence-corrected chi connectivity index (χ2v) is 10.2. The molecule has 4 heterocycles. The summed E-state index contributed by atoms with van der Waals surface area (Å²) in [4.78, 5) is 18.8. The number of halogens is 1. The summed E-state index contributed by atoms with van der Waals surface area (Å²) in [6.07, 6.45) is 10.2. The van der Waals surface area contributed by atoms with Gasteiger partial charge in [-0.1, -0.05) is 29.7 Å². The molecule has 2 bridgehead atoms. The molecular weight excluding hydrogens is 394 g/mol. The van der Waals surface area contributed by atoms with Gasteiger partial charge in [0.2, 0.25) is 0 Å². The van der Waals surface area contributed by atoms with E-state index in [1.165, 1.54) is 38.6 Å². The third-order valence-electron chi connectivity index (χ3n) is 8.14. The van der Waals surface area contributed by atoms with E-state index in [0.717, 1.165) is 42.1 Å². The fraction of sp³-hybridized carbons (Fsp3) is 0.560. The van der Waals surface area contributed by atoms with Crippen LogP contribution >= 0.6 is 11.6 Å². The third-order valence-corrected chi connectivity index (χ3v) is 8.38. The molecule has 1 amide bonds. The second-order valence-electron chi connectivity index (χ2n) is 9.80. The highest BCUT2D eigenvalue weighted by molar-refractivity contribution is 6.31. The van der Waals surface area contributed by atoms with E-state index in [1.807, 2.05) is 35.9 Å². The minimum atomic E-state index is 0.180. The number of nitrogens with zero attached hydrogens (tertiary/aromatic N) is 3. The van der Waals surface area contributed by atoms with Crippen molar-refractivity contribution in [2.45, 2.75) is 50.6 Å². The van der Waals surface area contributed by atoms with E-state index in [0.29, 0.717) is 16.9 Å². The molecule has 3 saturated heterocycles. The molecule has 1 aromatic heterocycles. The Hall–Kier alpha value is -1.78. The van der Waals surface area contributed by atoms with Gasteiger partial charge in [-0.25, -0.2) is 0 Å². The van der Waals surface area contributed by atoms with Crippen LogP contribution in [0.1, 0.15) is 49.0 Å². The number of likely N-dealkylation sites (tertiary alicyclic amines) is 1. The van der Waals surface area contributed by atoms with Gasteiger partial charge in [0.05, 0.1) is 6.04 Å². The first-order valence-corrected chi connectivity index (χ1v) is 12.0. The standard InChI is InChI=1S/C25H30ClN3O/c1-27-21-8-7-20(26)13-18(21)14-23(27)25(30)29-10-4-5-16-11-17-12-19(24(16)29)15-28-9-3-2-6-22(17)28/h7-8,11,13-14,17,19,22,24H,2-6,9-10,12,15H2,1H3. The summed E-state index contributed by atoms with van der Waals surface area (Å²) in [6, 6.07) is 8.92.